The fraction of sp³-hybridized carbons (Fsp3) is 0. The van der Waals surface area contributed by atoms with Crippen LogP contribution in [0.3, 0.4) is 0 Å². The van der Waals surface area contributed by atoms with Crippen molar-refractivity contribution < 1.29 is 0 Å². The monoisotopic (exact) mass is 188 g/mol. The van der Waals surface area contributed by atoms with Crippen LogP contribution in [-0.4, -0.2) is 0 Å². The molecular weight excluding hydrogens is 184 g/mol. The Labute approximate surface area is 76.4 Å². The van der Waals surface area contributed by atoms with E-state index in [1.807, 2.05) is 0 Å². The van der Waals surface area contributed by atoms with Crippen molar-refractivity contribution >= 4 is 0 Å². The van der Waals surface area contributed by atoms with E-state index in [1.165, 1.54) is 12.1 Å². The molecule has 0 amide bonds. The van der Waals surface area contributed by atoms with Crippen molar-refractivity contribution in [3.63, 3.8) is 0 Å². The van der Waals surface area contributed by atoms with E-state index in [1.54, 1.807) is 0 Å². The molecule has 0 N–H and O–H groups in total. The molecule has 2 aliphatic carbocycles. The summed E-state index contributed by atoms with van der Waals surface area (Å²) >= 11 is 0. The van der Waals surface area contributed by atoms with Crippen LogP contribution in [0.25, 0.3) is 0 Å². The first kappa shape index (κ1) is 8.50. The highest BCUT2D eigenvalue weighted by molar-refractivity contribution is 5.16. The molecule has 0 aromatic heterocycles. The molecule has 0 bridgehead atoms. The Morgan fingerprint density at radius 2 is 0.929 bits per heavy atom. The molecule has 4 nitrogen and oxygen atoms in total. The SMILES string of the molecule is O=c1ccc2c(=O)c(=O)ccc=2c1=O. The molecule has 0 aliphatic heterocycles. The second-order valence-corrected chi connectivity index (χ2v) is 2.88. The Balaban J connectivity index is 3.41. The summed E-state index contributed by atoms with van der Waals surface area (Å²) < 4.78 is 0. The molecule has 14 heavy (non-hydrogen) atoms. The standard InChI is InChI=1S/C10H4O4/c11-7-3-1-5-6(10(7)14)2-4-8(12)9(5)13/h1-4H. The molecule has 0 fully saturated rings. The van der Waals surface area contributed by atoms with Crippen LogP contribution in [0, 0.1) is 10.4 Å². The molecule has 0 aromatic rings. The third-order valence-corrected chi connectivity index (χ3v) is 2.03. The number of rotatable bonds is 0. The minimum absolute atomic E-state index is 0.0158. The summed E-state index contributed by atoms with van der Waals surface area (Å²) in [5.41, 5.74) is -2.81. The highest BCUT2D eigenvalue weighted by atomic mass is 16.2. The average Bonchev–Trinajstić information content (AvgIpc) is 2.17. The zero-order valence-electron chi connectivity index (χ0n) is 6.94. The molecule has 4 heteroatoms. The molecule has 0 aromatic carbocycles. The van der Waals surface area contributed by atoms with Gasteiger partial charge in [0.15, 0.2) is 0 Å². The maximum atomic E-state index is 11.2. The van der Waals surface area contributed by atoms with Crippen molar-refractivity contribution in [3.8, 4) is 0 Å². The van der Waals surface area contributed by atoms with Crippen LogP contribution in [0.2, 0.25) is 0 Å². The lowest BCUT2D eigenvalue weighted by molar-refractivity contribution is 1.29. The smallest absolute Gasteiger partial charge is 0.233 e. The molecule has 0 saturated heterocycles. The number of hydrogen-bond donors (Lipinski definition) is 0. The Hall–Kier alpha value is -2.10. The van der Waals surface area contributed by atoms with Crippen LogP contribution in [0.1, 0.15) is 0 Å². The molecule has 0 radical (unpaired) electrons. The highest BCUT2D eigenvalue weighted by Gasteiger charge is 2.02. The van der Waals surface area contributed by atoms with E-state index in [4.69, 9.17) is 0 Å². The van der Waals surface area contributed by atoms with Gasteiger partial charge in [0.1, 0.15) is 0 Å². The quantitative estimate of drug-likeness (QED) is 0.483. The van der Waals surface area contributed by atoms with Gasteiger partial charge in [-0.1, -0.05) is 0 Å². The largest absolute Gasteiger partial charge is 0.286 e. The maximum absolute atomic E-state index is 11.2. The summed E-state index contributed by atoms with van der Waals surface area (Å²) in [4.78, 5) is 44.3. The summed E-state index contributed by atoms with van der Waals surface area (Å²) in [5, 5.41) is 0.0317. The predicted molar refractivity (Wildman–Crippen MR) is 49.2 cm³/mol. The van der Waals surface area contributed by atoms with E-state index in [-0.39, 0.29) is 10.4 Å². The van der Waals surface area contributed by atoms with Crippen molar-refractivity contribution in [1.82, 2.24) is 0 Å². The predicted octanol–water partition coefficient (Wildman–Crippen LogP) is -1.27. The average molecular weight is 188 g/mol. The first-order valence-corrected chi connectivity index (χ1v) is 3.89. The van der Waals surface area contributed by atoms with Gasteiger partial charge >= 0.3 is 0 Å². The van der Waals surface area contributed by atoms with Crippen LogP contribution >= 0.6 is 0 Å². The van der Waals surface area contributed by atoms with Crippen LogP contribution < -0.4 is 21.7 Å². The Morgan fingerprint density at radius 3 is 1.29 bits per heavy atom. The van der Waals surface area contributed by atoms with Gasteiger partial charge in [0, 0.05) is 10.4 Å². The summed E-state index contributed by atoms with van der Waals surface area (Å²) in [6.45, 7) is 0. The Bertz CT molecular complexity index is 684. The first-order chi connectivity index (χ1) is 6.61. The van der Waals surface area contributed by atoms with Crippen molar-refractivity contribution in [3.05, 3.63) is 75.6 Å². The zero-order valence-corrected chi connectivity index (χ0v) is 6.94. The highest BCUT2D eigenvalue weighted by Crippen LogP contribution is 1.82. The second kappa shape index (κ2) is 2.70. The summed E-state index contributed by atoms with van der Waals surface area (Å²) in [6.07, 6.45) is 0. The van der Waals surface area contributed by atoms with Gasteiger partial charge < -0.3 is 0 Å². The Morgan fingerprint density at radius 1 is 0.571 bits per heavy atom. The van der Waals surface area contributed by atoms with Gasteiger partial charge in [-0.3, -0.25) is 19.2 Å². The third kappa shape index (κ3) is 1.01. The van der Waals surface area contributed by atoms with Gasteiger partial charge in [-0.05, 0) is 24.3 Å². The lowest BCUT2D eigenvalue weighted by Crippen LogP contribution is -2.30. The summed E-state index contributed by atoms with van der Waals surface area (Å²) in [6, 6.07) is 4.43. The van der Waals surface area contributed by atoms with E-state index in [9.17, 15) is 19.2 Å². The van der Waals surface area contributed by atoms with E-state index >= 15 is 0 Å². The molecule has 0 spiro atoms. The minimum Gasteiger partial charge on any atom is -0.286 e. The van der Waals surface area contributed by atoms with Crippen molar-refractivity contribution in [2.45, 2.75) is 0 Å². The zero-order chi connectivity index (χ0) is 10.3. The molecule has 68 valence electrons. The van der Waals surface area contributed by atoms with Gasteiger partial charge in [0.25, 0.3) is 0 Å². The van der Waals surface area contributed by atoms with Crippen LogP contribution in [0.15, 0.2) is 43.4 Å². The van der Waals surface area contributed by atoms with Gasteiger partial charge in [-0.2, -0.15) is 0 Å². The fourth-order valence-corrected chi connectivity index (χ4v) is 1.31. The minimum atomic E-state index is -0.736. The van der Waals surface area contributed by atoms with E-state index in [2.05, 4.69) is 0 Å². The van der Waals surface area contributed by atoms with Gasteiger partial charge in [0.2, 0.25) is 21.7 Å². The Kier molecular flexibility index (Phi) is 1.64. The third-order valence-electron chi connectivity index (χ3n) is 2.03. The topological polar surface area (TPSA) is 68.3 Å². The van der Waals surface area contributed by atoms with Crippen LogP contribution in [0.4, 0.5) is 0 Å². The van der Waals surface area contributed by atoms with E-state index < -0.39 is 21.7 Å². The van der Waals surface area contributed by atoms with Crippen molar-refractivity contribution in [1.29, 1.82) is 0 Å². The maximum Gasteiger partial charge on any atom is 0.233 e. The van der Waals surface area contributed by atoms with Crippen molar-refractivity contribution in [2.24, 2.45) is 0 Å². The van der Waals surface area contributed by atoms with Crippen LogP contribution in [0.5, 0.6) is 0 Å². The van der Waals surface area contributed by atoms with E-state index in [0.717, 1.165) is 12.1 Å². The van der Waals surface area contributed by atoms with E-state index in [0.29, 0.717) is 0 Å². The van der Waals surface area contributed by atoms with Gasteiger partial charge in [0.05, 0.1) is 0 Å². The van der Waals surface area contributed by atoms with Gasteiger partial charge in [-0.15, -0.1) is 0 Å². The van der Waals surface area contributed by atoms with Gasteiger partial charge in [-0.25, -0.2) is 0 Å². The van der Waals surface area contributed by atoms with Crippen molar-refractivity contribution in [2.75, 3.05) is 0 Å². The lowest BCUT2D eigenvalue weighted by atomic mass is 10.1. The summed E-state index contributed by atoms with van der Waals surface area (Å²) in [5.74, 6) is 0. The first-order valence-electron chi connectivity index (χ1n) is 3.89. The molecule has 0 unspecified atom stereocenters. The molecule has 0 heterocycles. The molecular formula is C10H4O4. The molecule has 2 aliphatic rings. The molecule has 0 atom stereocenters. The molecule has 2 rings (SSSR count). The fourth-order valence-electron chi connectivity index (χ4n) is 1.31. The number of hydrogen-bond acceptors (Lipinski definition) is 4. The summed E-state index contributed by atoms with van der Waals surface area (Å²) in [7, 11) is 0. The van der Waals surface area contributed by atoms with Crippen LogP contribution in [-0.2, 0) is 0 Å². The lowest BCUT2D eigenvalue weighted by Gasteiger charge is -1.86. The molecule has 0 saturated carbocycles. The normalized spacial score (nSPS) is 10.6. The second-order valence-electron chi connectivity index (χ2n) is 2.88.